The van der Waals surface area contributed by atoms with E-state index in [0.717, 1.165) is 52.0 Å². The van der Waals surface area contributed by atoms with Crippen molar-refractivity contribution in [3.63, 3.8) is 0 Å². The summed E-state index contributed by atoms with van der Waals surface area (Å²) in [6.45, 7) is 7.82. The second-order valence-electron chi connectivity index (χ2n) is 6.41. The monoisotopic (exact) mass is 293 g/mol. The zero-order valence-corrected chi connectivity index (χ0v) is 13.2. The molecule has 3 atom stereocenters. The molecule has 1 aromatic rings. The molecule has 3 unspecified atom stereocenters. The van der Waals surface area contributed by atoms with Gasteiger partial charge in [0.25, 0.3) is 0 Å². The van der Waals surface area contributed by atoms with Crippen LogP contribution in [0.3, 0.4) is 0 Å². The van der Waals surface area contributed by atoms with Gasteiger partial charge < -0.3 is 14.8 Å². The van der Waals surface area contributed by atoms with Gasteiger partial charge in [0.1, 0.15) is 0 Å². The Morgan fingerprint density at radius 1 is 1.52 bits per heavy atom. The fraction of sp³-hybridized carbons (Fsp3) is 0.812. The number of hydrogen-bond acceptors (Lipinski definition) is 4. The zero-order chi connectivity index (χ0) is 14.7. The van der Waals surface area contributed by atoms with Crippen molar-refractivity contribution in [2.75, 3.05) is 26.4 Å². The molecule has 0 bridgehead atoms. The Morgan fingerprint density at radius 2 is 2.43 bits per heavy atom. The van der Waals surface area contributed by atoms with E-state index in [4.69, 9.17) is 9.47 Å². The molecule has 2 saturated heterocycles. The highest BCUT2D eigenvalue weighted by Crippen LogP contribution is 2.37. The molecule has 0 saturated carbocycles. The van der Waals surface area contributed by atoms with Gasteiger partial charge in [-0.3, -0.25) is 4.68 Å². The van der Waals surface area contributed by atoms with Crippen LogP contribution >= 0.6 is 0 Å². The summed E-state index contributed by atoms with van der Waals surface area (Å²) >= 11 is 0. The molecule has 21 heavy (non-hydrogen) atoms. The minimum Gasteiger partial charge on any atom is -0.378 e. The van der Waals surface area contributed by atoms with E-state index in [9.17, 15) is 0 Å². The number of aromatic nitrogens is 2. The number of nitrogens with zero attached hydrogens (tertiary/aromatic N) is 2. The third kappa shape index (κ3) is 3.30. The Bertz CT molecular complexity index is 454. The molecule has 1 spiro atoms. The van der Waals surface area contributed by atoms with E-state index < -0.39 is 0 Å². The smallest absolute Gasteiger partial charge is 0.0957 e. The summed E-state index contributed by atoms with van der Waals surface area (Å²) in [5.41, 5.74) is 1.22. The predicted molar refractivity (Wildman–Crippen MR) is 81.3 cm³/mol. The summed E-state index contributed by atoms with van der Waals surface area (Å²) in [6, 6.07) is 0.801. The molecule has 3 rings (SSSR count). The predicted octanol–water partition coefficient (Wildman–Crippen LogP) is 2.45. The lowest BCUT2D eigenvalue weighted by molar-refractivity contribution is -0.0962. The minimum absolute atomic E-state index is 0.0545. The average Bonchev–Trinajstić information content (AvgIpc) is 3.15. The van der Waals surface area contributed by atoms with E-state index >= 15 is 0 Å². The van der Waals surface area contributed by atoms with Crippen molar-refractivity contribution < 1.29 is 9.47 Å². The first kappa shape index (κ1) is 15.0. The lowest BCUT2D eigenvalue weighted by Crippen LogP contribution is -2.41. The SMILES string of the molecule is CCCNC(C)c1cnn(C2CCOC3(CCOC3)C2)c1. The number of rotatable bonds is 5. The van der Waals surface area contributed by atoms with Gasteiger partial charge >= 0.3 is 0 Å². The largest absolute Gasteiger partial charge is 0.378 e. The number of nitrogens with one attached hydrogen (secondary N) is 1. The second kappa shape index (κ2) is 6.46. The summed E-state index contributed by atoms with van der Waals surface area (Å²) in [7, 11) is 0. The molecule has 0 radical (unpaired) electrons. The van der Waals surface area contributed by atoms with Crippen LogP contribution in [0, 0.1) is 0 Å². The molecule has 118 valence electrons. The Kier molecular flexibility index (Phi) is 4.62. The van der Waals surface area contributed by atoms with Crippen LogP contribution in [0.5, 0.6) is 0 Å². The first-order chi connectivity index (χ1) is 10.2. The highest BCUT2D eigenvalue weighted by molar-refractivity contribution is 5.10. The molecule has 2 aliphatic rings. The van der Waals surface area contributed by atoms with Crippen molar-refractivity contribution in [1.29, 1.82) is 0 Å². The van der Waals surface area contributed by atoms with Crippen molar-refractivity contribution in [3.8, 4) is 0 Å². The van der Waals surface area contributed by atoms with E-state index in [0.29, 0.717) is 12.1 Å². The van der Waals surface area contributed by atoms with Gasteiger partial charge in [-0.25, -0.2) is 0 Å². The van der Waals surface area contributed by atoms with Crippen LogP contribution in [0.25, 0.3) is 0 Å². The van der Waals surface area contributed by atoms with Gasteiger partial charge in [0.15, 0.2) is 0 Å². The van der Waals surface area contributed by atoms with Gasteiger partial charge in [-0.2, -0.15) is 5.10 Å². The Morgan fingerprint density at radius 3 is 3.19 bits per heavy atom. The third-order valence-corrected chi connectivity index (χ3v) is 4.73. The summed E-state index contributed by atoms with van der Waals surface area (Å²) in [5, 5.41) is 8.12. The Hall–Kier alpha value is -0.910. The van der Waals surface area contributed by atoms with Crippen molar-refractivity contribution in [3.05, 3.63) is 18.0 Å². The van der Waals surface area contributed by atoms with Gasteiger partial charge in [-0.15, -0.1) is 0 Å². The van der Waals surface area contributed by atoms with Gasteiger partial charge in [-0.05, 0) is 26.3 Å². The molecule has 2 fully saturated rings. The lowest BCUT2D eigenvalue weighted by atomic mass is 9.90. The maximum Gasteiger partial charge on any atom is 0.0957 e. The second-order valence-corrected chi connectivity index (χ2v) is 6.41. The lowest BCUT2D eigenvalue weighted by Gasteiger charge is -2.37. The third-order valence-electron chi connectivity index (χ3n) is 4.73. The van der Waals surface area contributed by atoms with Crippen LogP contribution < -0.4 is 5.32 Å². The van der Waals surface area contributed by atoms with Crippen LogP contribution in [0.15, 0.2) is 12.4 Å². The molecule has 1 aromatic heterocycles. The van der Waals surface area contributed by atoms with Crippen LogP contribution in [-0.2, 0) is 9.47 Å². The highest BCUT2D eigenvalue weighted by atomic mass is 16.6. The van der Waals surface area contributed by atoms with Crippen LogP contribution in [0.4, 0.5) is 0 Å². The molecular formula is C16H27N3O2. The van der Waals surface area contributed by atoms with E-state index in [1.54, 1.807) is 0 Å². The Labute approximate surface area is 127 Å². The van der Waals surface area contributed by atoms with Crippen molar-refractivity contribution in [1.82, 2.24) is 15.1 Å². The maximum atomic E-state index is 6.01. The van der Waals surface area contributed by atoms with E-state index in [-0.39, 0.29) is 5.60 Å². The van der Waals surface area contributed by atoms with E-state index in [2.05, 4.69) is 35.1 Å². The quantitative estimate of drug-likeness (QED) is 0.906. The molecule has 2 aliphatic heterocycles. The van der Waals surface area contributed by atoms with Crippen LogP contribution in [-0.4, -0.2) is 41.7 Å². The fourth-order valence-corrected chi connectivity index (χ4v) is 3.35. The molecule has 0 aliphatic carbocycles. The molecule has 3 heterocycles. The van der Waals surface area contributed by atoms with E-state index in [1.807, 2.05) is 6.20 Å². The normalized spacial score (nSPS) is 30.9. The van der Waals surface area contributed by atoms with Crippen molar-refractivity contribution in [2.45, 2.75) is 57.2 Å². The Balaban J connectivity index is 1.65. The average molecular weight is 293 g/mol. The molecule has 5 heteroatoms. The highest BCUT2D eigenvalue weighted by Gasteiger charge is 2.41. The van der Waals surface area contributed by atoms with Crippen LogP contribution in [0.2, 0.25) is 0 Å². The fourth-order valence-electron chi connectivity index (χ4n) is 3.35. The first-order valence-corrected chi connectivity index (χ1v) is 8.21. The summed E-state index contributed by atoms with van der Waals surface area (Å²) in [4.78, 5) is 0. The molecule has 0 amide bonds. The summed E-state index contributed by atoms with van der Waals surface area (Å²) in [6.07, 6.45) is 8.44. The van der Waals surface area contributed by atoms with Crippen molar-refractivity contribution >= 4 is 0 Å². The number of ether oxygens (including phenoxy) is 2. The molecule has 0 aromatic carbocycles. The summed E-state index contributed by atoms with van der Waals surface area (Å²) in [5.74, 6) is 0. The van der Waals surface area contributed by atoms with Gasteiger partial charge in [-0.1, -0.05) is 6.92 Å². The first-order valence-electron chi connectivity index (χ1n) is 8.21. The molecule has 1 N–H and O–H groups in total. The topological polar surface area (TPSA) is 48.3 Å². The number of hydrogen-bond donors (Lipinski definition) is 1. The van der Waals surface area contributed by atoms with Crippen molar-refractivity contribution in [2.24, 2.45) is 0 Å². The van der Waals surface area contributed by atoms with Gasteiger partial charge in [0.05, 0.1) is 24.4 Å². The zero-order valence-electron chi connectivity index (χ0n) is 13.2. The summed E-state index contributed by atoms with van der Waals surface area (Å²) < 4.78 is 13.7. The minimum atomic E-state index is -0.0545. The molecule has 5 nitrogen and oxygen atoms in total. The van der Waals surface area contributed by atoms with E-state index in [1.165, 1.54) is 5.56 Å². The van der Waals surface area contributed by atoms with Gasteiger partial charge in [0.2, 0.25) is 0 Å². The van der Waals surface area contributed by atoms with Gasteiger partial charge in [0, 0.05) is 43.9 Å². The maximum absolute atomic E-state index is 6.01. The molecular weight excluding hydrogens is 266 g/mol. The van der Waals surface area contributed by atoms with Crippen LogP contribution in [0.1, 0.15) is 57.2 Å². The standard InChI is InChI=1S/C16H27N3O2/c1-3-6-17-13(2)14-10-18-19(11-14)15-4-7-21-16(9-15)5-8-20-12-16/h10-11,13,15,17H,3-9,12H2,1-2H3.